The molecule has 0 aliphatic heterocycles. The highest BCUT2D eigenvalue weighted by molar-refractivity contribution is 5.59. The summed E-state index contributed by atoms with van der Waals surface area (Å²) in [6, 6.07) is 9.26. The van der Waals surface area contributed by atoms with E-state index < -0.39 is 17.3 Å². The molecule has 0 N–H and O–H groups in total. The molecule has 0 bridgehead atoms. The summed E-state index contributed by atoms with van der Waals surface area (Å²) in [7, 11) is 0. The molecule has 3 rings (SSSR count). The number of halogens is 3. The van der Waals surface area contributed by atoms with Gasteiger partial charge >= 0.3 is 6.18 Å². The second-order valence-electron chi connectivity index (χ2n) is 5.50. The zero-order chi connectivity index (χ0) is 18.0. The van der Waals surface area contributed by atoms with Crippen LogP contribution < -0.4 is 5.56 Å². The van der Waals surface area contributed by atoms with Gasteiger partial charge in [0.1, 0.15) is 11.4 Å². The highest BCUT2D eigenvalue weighted by Gasteiger charge is 2.35. The van der Waals surface area contributed by atoms with E-state index in [1.54, 1.807) is 54.2 Å². The lowest BCUT2D eigenvalue weighted by Crippen LogP contribution is -2.32. The number of nitrogens with zero attached hydrogens (tertiary/aromatic N) is 4. The molecule has 3 aromatic rings. The molecule has 5 nitrogen and oxygen atoms in total. The average molecular weight is 348 g/mol. The molecular formula is C17H15F3N4O. The summed E-state index contributed by atoms with van der Waals surface area (Å²) >= 11 is 0. The molecule has 2 aromatic heterocycles. The number of hydrogen-bond acceptors (Lipinski definition) is 3. The molecule has 0 saturated heterocycles. The normalized spacial score (nSPS) is 11.7. The first-order valence-corrected chi connectivity index (χ1v) is 7.59. The van der Waals surface area contributed by atoms with E-state index in [9.17, 15) is 18.0 Å². The summed E-state index contributed by atoms with van der Waals surface area (Å²) in [4.78, 5) is 16.2. The Morgan fingerprint density at radius 2 is 1.84 bits per heavy atom. The fourth-order valence-electron chi connectivity index (χ4n) is 2.49. The number of aromatic nitrogens is 4. The molecule has 0 amide bonds. The molecule has 1 aromatic carbocycles. The van der Waals surface area contributed by atoms with E-state index in [4.69, 9.17) is 0 Å². The van der Waals surface area contributed by atoms with Crippen LogP contribution in [-0.4, -0.2) is 19.3 Å². The van der Waals surface area contributed by atoms with E-state index in [1.807, 2.05) is 0 Å². The zero-order valence-electron chi connectivity index (χ0n) is 13.4. The second kappa shape index (κ2) is 6.54. The van der Waals surface area contributed by atoms with E-state index in [1.165, 1.54) is 0 Å². The van der Waals surface area contributed by atoms with Crippen LogP contribution in [0.1, 0.15) is 11.4 Å². The van der Waals surface area contributed by atoms with Crippen molar-refractivity contribution in [2.75, 3.05) is 0 Å². The Morgan fingerprint density at radius 1 is 1.12 bits per heavy atom. The van der Waals surface area contributed by atoms with Crippen molar-refractivity contribution >= 4 is 0 Å². The van der Waals surface area contributed by atoms with Gasteiger partial charge in [-0.2, -0.15) is 18.3 Å². The molecule has 2 heterocycles. The molecule has 0 fully saturated rings. The molecule has 0 atom stereocenters. The van der Waals surface area contributed by atoms with Crippen LogP contribution in [0.15, 0.2) is 53.6 Å². The van der Waals surface area contributed by atoms with Gasteiger partial charge in [0.2, 0.25) is 0 Å². The van der Waals surface area contributed by atoms with Gasteiger partial charge in [-0.3, -0.25) is 4.79 Å². The van der Waals surface area contributed by atoms with Crippen molar-refractivity contribution in [3.8, 4) is 11.3 Å². The monoisotopic (exact) mass is 348 g/mol. The summed E-state index contributed by atoms with van der Waals surface area (Å²) in [5, 5.41) is 4.12. The molecule has 0 aliphatic carbocycles. The topological polar surface area (TPSA) is 52.7 Å². The minimum absolute atomic E-state index is 0.0137. The number of aryl methyl sites for hydroxylation is 3. The van der Waals surface area contributed by atoms with Crippen molar-refractivity contribution in [3.63, 3.8) is 0 Å². The first-order valence-electron chi connectivity index (χ1n) is 7.59. The Kier molecular flexibility index (Phi) is 4.43. The molecule has 25 heavy (non-hydrogen) atoms. The third-order valence-corrected chi connectivity index (χ3v) is 3.83. The summed E-state index contributed by atoms with van der Waals surface area (Å²) in [5.74, 6) is 0.711. The Labute approximate surface area is 141 Å². The van der Waals surface area contributed by atoms with Gasteiger partial charge in [-0.05, 0) is 13.0 Å². The minimum atomic E-state index is -4.74. The van der Waals surface area contributed by atoms with Crippen LogP contribution in [0.4, 0.5) is 13.2 Å². The number of rotatable bonds is 4. The second-order valence-corrected chi connectivity index (χ2v) is 5.50. The number of alkyl halides is 3. The Hall–Kier alpha value is -2.90. The summed E-state index contributed by atoms with van der Waals surface area (Å²) < 4.78 is 42.3. The van der Waals surface area contributed by atoms with Crippen molar-refractivity contribution in [1.82, 2.24) is 19.3 Å². The van der Waals surface area contributed by atoms with Crippen molar-refractivity contribution in [2.24, 2.45) is 0 Å². The predicted molar refractivity (Wildman–Crippen MR) is 85.9 cm³/mol. The summed E-state index contributed by atoms with van der Waals surface area (Å²) in [6.45, 7) is 2.09. The van der Waals surface area contributed by atoms with E-state index in [0.717, 1.165) is 10.7 Å². The molecule has 0 saturated carbocycles. The van der Waals surface area contributed by atoms with Gasteiger partial charge in [-0.25, -0.2) is 9.67 Å². The fourth-order valence-corrected chi connectivity index (χ4v) is 2.49. The number of benzene rings is 1. The highest BCUT2D eigenvalue weighted by Crippen LogP contribution is 2.28. The average Bonchev–Trinajstić information content (AvgIpc) is 2.99. The lowest BCUT2D eigenvalue weighted by atomic mass is 10.1. The third-order valence-electron chi connectivity index (χ3n) is 3.83. The molecule has 0 aliphatic rings. The van der Waals surface area contributed by atoms with Gasteiger partial charge in [0.05, 0.1) is 12.2 Å². The molecule has 130 valence electrons. The van der Waals surface area contributed by atoms with Crippen LogP contribution in [-0.2, 0) is 19.3 Å². The lowest BCUT2D eigenvalue weighted by Gasteiger charge is -2.13. The van der Waals surface area contributed by atoms with Crippen molar-refractivity contribution < 1.29 is 13.2 Å². The largest absolute Gasteiger partial charge is 0.421 e. The maximum absolute atomic E-state index is 13.2. The maximum Gasteiger partial charge on any atom is 0.421 e. The standard InChI is InChI=1S/C17H15F3N4O/c1-12-21-7-8-23(12)9-10-24-16(25)14(17(18,19)20)11-15(22-24)13-5-3-2-4-6-13/h2-8,11H,9-10H2,1H3. The van der Waals surface area contributed by atoms with Crippen LogP contribution in [0.25, 0.3) is 11.3 Å². The van der Waals surface area contributed by atoms with Gasteiger partial charge in [0.25, 0.3) is 5.56 Å². The predicted octanol–water partition coefficient (Wildman–Crippen LogP) is 3.13. The van der Waals surface area contributed by atoms with Crippen LogP contribution in [0.5, 0.6) is 0 Å². The zero-order valence-corrected chi connectivity index (χ0v) is 13.4. The van der Waals surface area contributed by atoms with Crippen LogP contribution in [0.3, 0.4) is 0 Å². The third kappa shape index (κ3) is 3.62. The number of hydrogen-bond donors (Lipinski definition) is 0. The summed E-state index contributed by atoms with van der Waals surface area (Å²) in [5.41, 5.74) is -1.75. The Morgan fingerprint density at radius 3 is 2.44 bits per heavy atom. The van der Waals surface area contributed by atoms with Gasteiger partial charge in [-0.1, -0.05) is 30.3 Å². The van der Waals surface area contributed by atoms with Crippen molar-refractivity contribution in [3.05, 3.63) is 70.5 Å². The SMILES string of the molecule is Cc1nccn1CCn1nc(-c2ccccc2)cc(C(F)(F)F)c1=O. The quantitative estimate of drug-likeness (QED) is 0.728. The lowest BCUT2D eigenvalue weighted by molar-refractivity contribution is -0.139. The van der Waals surface area contributed by atoms with E-state index >= 15 is 0 Å². The van der Waals surface area contributed by atoms with Gasteiger partial charge in [-0.15, -0.1) is 0 Å². The van der Waals surface area contributed by atoms with Crippen LogP contribution >= 0.6 is 0 Å². The fraction of sp³-hybridized carbons (Fsp3) is 0.235. The minimum Gasteiger partial charge on any atom is -0.333 e. The first-order chi connectivity index (χ1) is 11.9. The van der Waals surface area contributed by atoms with E-state index in [0.29, 0.717) is 17.9 Å². The van der Waals surface area contributed by atoms with Crippen LogP contribution in [0, 0.1) is 6.92 Å². The highest BCUT2D eigenvalue weighted by atomic mass is 19.4. The van der Waals surface area contributed by atoms with Crippen LogP contribution in [0.2, 0.25) is 0 Å². The first kappa shape index (κ1) is 16.9. The molecule has 0 spiro atoms. The van der Waals surface area contributed by atoms with Crippen molar-refractivity contribution in [2.45, 2.75) is 26.2 Å². The number of imidazole rings is 1. The Balaban J connectivity index is 2.04. The maximum atomic E-state index is 13.2. The molecular weight excluding hydrogens is 333 g/mol. The smallest absolute Gasteiger partial charge is 0.333 e. The van der Waals surface area contributed by atoms with Gasteiger partial charge in [0, 0.05) is 24.5 Å². The molecule has 8 heteroatoms. The van der Waals surface area contributed by atoms with E-state index in [2.05, 4.69) is 10.1 Å². The Bertz CT molecular complexity index is 929. The van der Waals surface area contributed by atoms with Gasteiger partial charge in [0.15, 0.2) is 0 Å². The summed E-state index contributed by atoms with van der Waals surface area (Å²) in [6.07, 6.45) is -1.45. The molecule has 0 radical (unpaired) electrons. The molecule has 0 unspecified atom stereocenters. The van der Waals surface area contributed by atoms with Gasteiger partial charge < -0.3 is 4.57 Å². The van der Waals surface area contributed by atoms with E-state index in [-0.39, 0.29) is 12.2 Å². The van der Waals surface area contributed by atoms with Crippen molar-refractivity contribution in [1.29, 1.82) is 0 Å².